The topological polar surface area (TPSA) is 120 Å². The van der Waals surface area contributed by atoms with Crippen molar-refractivity contribution in [2.75, 3.05) is 25.4 Å². The Morgan fingerprint density at radius 1 is 1.21 bits per heavy atom. The summed E-state index contributed by atoms with van der Waals surface area (Å²) in [4.78, 5) is 37.8. The van der Waals surface area contributed by atoms with Gasteiger partial charge in [-0.15, -0.1) is 10.2 Å². The molecule has 0 radical (unpaired) electrons. The predicted molar refractivity (Wildman–Crippen MR) is 130 cm³/mol. The highest BCUT2D eigenvalue weighted by Gasteiger charge is 2.19. The van der Waals surface area contributed by atoms with Crippen LogP contribution in [0.2, 0.25) is 0 Å². The van der Waals surface area contributed by atoms with Crippen LogP contribution in [0.15, 0.2) is 34.2 Å². The van der Waals surface area contributed by atoms with E-state index in [1.807, 2.05) is 26.0 Å². The van der Waals surface area contributed by atoms with Gasteiger partial charge >= 0.3 is 0 Å². The van der Waals surface area contributed by atoms with Crippen LogP contribution in [0.5, 0.6) is 0 Å². The van der Waals surface area contributed by atoms with Crippen molar-refractivity contribution in [3.05, 3.63) is 34.6 Å². The standard InChI is InChI=1S/C23H30N6O4S/c1-15(2)12-24-19(30)9-10-28-21(32)17-7-3-4-8-18(17)29-22(28)26-27-23(29)34-14-20(31)25-13-16-6-5-11-33-16/h3-4,7-8,15-16H,5-6,9-14H2,1-2H3,(H,24,30)(H,25,31)/t16-/m0/s1. The van der Waals surface area contributed by atoms with Gasteiger partial charge in [-0.05, 0) is 30.9 Å². The molecular weight excluding hydrogens is 456 g/mol. The van der Waals surface area contributed by atoms with Gasteiger partial charge in [0.25, 0.3) is 5.56 Å². The van der Waals surface area contributed by atoms with Crippen LogP contribution in [0.1, 0.15) is 33.1 Å². The van der Waals surface area contributed by atoms with Crippen LogP contribution >= 0.6 is 11.8 Å². The van der Waals surface area contributed by atoms with Crippen molar-refractivity contribution in [1.82, 2.24) is 29.8 Å². The Balaban J connectivity index is 1.54. The molecule has 1 atom stereocenters. The maximum Gasteiger partial charge on any atom is 0.262 e. The molecule has 10 nitrogen and oxygen atoms in total. The smallest absolute Gasteiger partial charge is 0.262 e. The number of amides is 2. The van der Waals surface area contributed by atoms with E-state index >= 15 is 0 Å². The third-order valence-corrected chi connectivity index (χ3v) is 6.56. The lowest BCUT2D eigenvalue weighted by Crippen LogP contribution is -2.33. The van der Waals surface area contributed by atoms with Gasteiger partial charge in [-0.2, -0.15) is 0 Å². The molecule has 0 unspecified atom stereocenters. The molecule has 3 heterocycles. The van der Waals surface area contributed by atoms with Crippen LogP contribution in [-0.2, 0) is 20.9 Å². The molecule has 2 aromatic heterocycles. The van der Waals surface area contributed by atoms with E-state index in [1.54, 1.807) is 16.5 Å². The van der Waals surface area contributed by atoms with Gasteiger partial charge < -0.3 is 15.4 Å². The maximum atomic E-state index is 13.2. The van der Waals surface area contributed by atoms with E-state index in [0.717, 1.165) is 19.4 Å². The minimum Gasteiger partial charge on any atom is -0.376 e. The number of nitrogens with one attached hydrogen (secondary N) is 2. The van der Waals surface area contributed by atoms with Crippen LogP contribution in [0.25, 0.3) is 16.7 Å². The Morgan fingerprint density at radius 3 is 2.79 bits per heavy atom. The van der Waals surface area contributed by atoms with Crippen LogP contribution in [-0.4, -0.2) is 62.5 Å². The van der Waals surface area contributed by atoms with E-state index in [0.29, 0.717) is 40.8 Å². The van der Waals surface area contributed by atoms with E-state index in [-0.39, 0.29) is 42.2 Å². The van der Waals surface area contributed by atoms with Crippen molar-refractivity contribution in [2.24, 2.45) is 5.92 Å². The fourth-order valence-electron chi connectivity index (χ4n) is 3.86. The summed E-state index contributed by atoms with van der Waals surface area (Å²) in [6.45, 7) is 6.06. The van der Waals surface area contributed by atoms with E-state index in [9.17, 15) is 14.4 Å². The van der Waals surface area contributed by atoms with Gasteiger partial charge in [-0.1, -0.05) is 37.7 Å². The third kappa shape index (κ3) is 5.58. The minimum atomic E-state index is -0.224. The van der Waals surface area contributed by atoms with Gasteiger partial charge in [0.15, 0.2) is 5.16 Å². The first-order chi connectivity index (χ1) is 16.4. The molecule has 4 rings (SSSR count). The average Bonchev–Trinajstić information content (AvgIpc) is 3.50. The summed E-state index contributed by atoms with van der Waals surface area (Å²) in [5, 5.41) is 15.3. The summed E-state index contributed by atoms with van der Waals surface area (Å²) in [5.74, 6) is 0.625. The average molecular weight is 487 g/mol. The molecule has 1 aliphatic heterocycles. The Labute approximate surface area is 201 Å². The zero-order chi connectivity index (χ0) is 24.1. The summed E-state index contributed by atoms with van der Waals surface area (Å²) in [5.41, 5.74) is 0.438. The number of aryl methyl sites for hydroxylation is 1. The maximum absolute atomic E-state index is 13.2. The molecular formula is C23H30N6O4S. The summed E-state index contributed by atoms with van der Waals surface area (Å²) in [6, 6.07) is 7.21. The lowest BCUT2D eigenvalue weighted by molar-refractivity contribution is -0.121. The van der Waals surface area contributed by atoms with E-state index in [4.69, 9.17) is 4.74 Å². The first-order valence-electron chi connectivity index (χ1n) is 11.6. The number of fused-ring (bicyclic) bond motifs is 3. The molecule has 0 spiro atoms. The van der Waals surface area contributed by atoms with Crippen LogP contribution in [0.4, 0.5) is 0 Å². The zero-order valence-electron chi connectivity index (χ0n) is 19.5. The second-order valence-corrected chi connectivity index (χ2v) is 9.71. The fraction of sp³-hybridized carbons (Fsp3) is 0.522. The van der Waals surface area contributed by atoms with Gasteiger partial charge in [0, 0.05) is 32.7 Å². The number of para-hydroxylation sites is 1. The molecule has 1 saturated heterocycles. The number of aromatic nitrogens is 4. The molecule has 1 aromatic carbocycles. The Hall–Kier alpha value is -2.92. The number of ether oxygens (including phenoxy) is 1. The third-order valence-electron chi connectivity index (χ3n) is 5.63. The van der Waals surface area contributed by atoms with Crippen LogP contribution in [0.3, 0.4) is 0 Å². The lowest BCUT2D eigenvalue weighted by atomic mass is 10.2. The van der Waals surface area contributed by atoms with Gasteiger partial charge in [0.2, 0.25) is 17.6 Å². The molecule has 0 saturated carbocycles. The van der Waals surface area contributed by atoms with Crippen molar-refractivity contribution in [2.45, 2.75) is 50.9 Å². The second-order valence-electron chi connectivity index (χ2n) is 8.77. The van der Waals surface area contributed by atoms with Crippen molar-refractivity contribution < 1.29 is 14.3 Å². The SMILES string of the molecule is CC(C)CNC(=O)CCn1c(=O)c2ccccc2n2c(SCC(=O)NC[C@@H]3CCCO3)nnc12. The summed E-state index contributed by atoms with van der Waals surface area (Å²) >= 11 is 1.25. The number of carbonyl (C=O) groups excluding carboxylic acids is 2. The quantitative estimate of drug-likeness (QED) is 0.418. The molecule has 34 heavy (non-hydrogen) atoms. The second kappa shape index (κ2) is 11.0. The fourth-order valence-corrected chi connectivity index (χ4v) is 4.63. The van der Waals surface area contributed by atoms with Crippen molar-refractivity contribution in [3.8, 4) is 0 Å². The summed E-state index contributed by atoms with van der Waals surface area (Å²) in [7, 11) is 0. The predicted octanol–water partition coefficient (Wildman–Crippen LogP) is 1.59. The van der Waals surface area contributed by atoms with Crippen LogP contribution < -0.4 is 16.2 Å². The van der Waals surface area contributed by atoms with Crippen molar-refractivity contribution >= 4 is 40.3 Å². The highest BCUT2D eigenvalue weighted by atomic mass is 32.2. The Kier molecular flexibility index (Phi) is 7.84. The molecule has 1 aliphatic rings. The van der Waals surface area contributed by atoms with Gasteiger partial charge in [-0.3, -0.25) is 23.4 Å². The van der Waals surface area contributed by atoms with Gasteiger partial charge in [0.1, 0.15) is 0 Å². The first-order valence-corrected chi connectivity index (χ1v) is 12.6. The first kappa shape index (κ1) is 24.2. The molecule has 3 aromatic rings. The highest BCUT2D eigenvalue weighted by Crippen LogP contribution is 2.21. The summed E-state index contributed by atoms with van der Waals surface area (Å²) in [6.07, 6.45) is 2.22. The number of nitrogens with zero attached hydrogens (tertiary/aromatic N) is 4. The monoisotopic (exact) mass is 486 g/mol. The largest absolute Gasteiger partial charge is 0.376 e. The van der Waals surface area contributed by atoms with E-state index in [2.05, 4.69) is 20.8 Å². The number of rotatable bonds is 10. The molecule has 0 bridgehead atoms. The highest BCUT2D eigenvalue weighted by molar-refractivity contribution is 7.99. The number of thioether (sulfide) groups is 1. The van der Waals surface area contributed by atoms with Gasteiger partial charge in [0.05, 0.1) is 22.8 Å². The van der Waals surface area contributed by atoms with Crippen molar-refractivity contribution in [3.63, 3.8) is 0 Å². The molecule has 2 N–H and O–H groups in total. The number of carbonyl (C=O) groups is 2. The molecule has 0 aliphatic carbocycles. The molecule has 1 fully saturated rings. The Morgan fingerprint density at radius 2 is 2.03 bits per heavy atom. The van der Waals surface area contributed by atoms with Gasteiger partial charge in [-0.25, -0.2) is 0 Å². The molecule has 182 valence electrons. The van der Waals surface area contributed by atoms with Crippen molar-refractivity contribution in [1.29, 1.82) is 0 Å². The lowest BCUT2D eigenvalue weighted by Gasteiger charge is -2.12. The number of hydrogen-bond donors (Lipinski definition) is 2. The van der Waals surface area contributed by atoms with Crippen LogP contribution in [0, 0.1) is 5.92 Å². The summed E-state index contributed by atoms with van der Waals surface area (Å²) < 4.78 is 8.80. The number of hydrogen-bond acceptors (Lipinski definition) is 7. The number of benzene rings is 1. The zero-order valence-corrected chi connectivity index (χ0v) is 20.3. The molecule has 2 amide bonds. The van der Waals surface area contributed by atoms with E-state index < -0.39 is 0 Å². The minimum absolute atomic E-state index is 0.0824. The Bertz CT molecular complexity index is 1230. The molecule has 11 heteroatoms. The normalized spacial score (nSPS) is 15.9. The van der Waals surface area contributed by atoms with E-state index in [1.165, 1.54) is 16.3 Å².